The summed E-state index contributed by atoms with van der Waals surface area (Å²) < 4.78 is 0. The molecule has 1 saturated heterocycles. The van der Waals surface area contributed by atoms with Crippen LogP contribution in [0.3, 0.4) is 0 Å². The molecule has 2 aliphatic rings. The Morgan fingerprint density at radius 1 is 1.30 bits per heavy atom. The minimum atomic E-state index is 0. The molecule has 3 rings (SSSR count). The van der Waals surface area contributed by atoms with Gasteiger partial charge in [-0.3, -0.25) is 4.79 Å². The molecule has 0 bridgehead atoms. The molecule has 1 fully saturated rings. The first kappa shape index (κ1) is 18.3. The molecule has 0 radical (unpaired) electrons. The lowest BCUT2D eigenvalue weighted by atomic mass is 9.78. The Kier molecular flexibility index (Phi) is 5.74. The Morgan fingerprint density at radius 2 is 2.00 bits per heavy atom. The van der Waals surface area contributed by atoms with Crippen LogP contribution in [-0.2, 0) is 10.2 Å². The van der Waals surface area contributed by atoms with Crippen LogP contribution in [0.4, 0.5) is 5.69 Å². The third-order valence-electron chi connectivity index (χ3n) is 5.82. The van der Waals surface area contributed by atoms with Crippen molar-refractivity contribution in [1.82, 2.24) is 5.32 Å². The van der Waals surface area contributed by atoms with E-state index in [-0.39, 0.29) is 23.7 Å². The summed E-state index contributed by atoms with van der Waals surface area (Å²) >= 11 is 0. The minimum Gasteiger partial charge on any atom is -0.314 e. The van der Waals surface area contributed by atoms with Crippen molar-refractivity contribution in [3.8, 4) is 0 Å². The second kappa shape index (κ2) is 7.23. The van der Waals surface area contributed by atoms with Gasteiger partial charge in [-0.1, -0.05) is 32.0 Å². The summed E-state index contributed by atoms with van der Waals surface area (Å²) in [6, 6.07) is 8.97. The van der Waals surface area contributed by atoms with Crippen LogP contribution in [0.25, 0.3) is 0 Å². The van der Waals surface area contributed by atoms with Gasteiger partial charge in [-0.2, -0.15) is 0 Å². The van der Waals surface area contributed by atoms with Gasteiger partial charge in [0.05, 0.1) is 0 Å². The van der Waals surface area contributed by atoms with E-state index in [4.69, 9.17) is 0 Å². The zero-order chi connectivity index (χ0) is 15.7. The highest BCUT2D eigenvalue weighted by Crippen LogP contribution is 2.45. The number of carbonyl (C=O) groups is 1. The summed E-state index contributed by atoms with van der Waals surface area (Å²) in [6.07, 6.45) is 4.11. The quantitative estimate of drug-likeness (QED) is 0.907. The van der Waals surface area contributed by atoms with Gasteiger partial charge in [-0.05, 0) is 50.8 Å². The van der Waals surface area contributed by atoms with Crippen LogP contribution in [0.15, 0.2) is 24.3 Å². The van der Waals surface area contributed by atoms with Gasteiger partial charge in [0.25, 0.3) is 0 Å². The Hall–Kier alpha value is -1.06. The van der Waals surface area contributed by atoms with Crippen LogP contribution < -0.4 is 10.2 Å². The van der Waals surface area contributed by atoms with Crippen molar-refractivity contribution >= 4 is 24.0 Å². The van der Waals surface area contributed by atoms with E-state index in [0.29, 0.717) is 11.9 Å². The number of carbonyl (C=O) groups excluding carboxylic acids is 1. The number of fused-ring (bicyclic) bond motifs is 1. The number of anilines is 1. The average molecular weight is 337 g/mol. The molecule has 3 nitrogen and oxygen atoms in total. The zero-order valence-corrected chi connectivity index (χ0v) is 15.3. The maximum Gasteiger partial charge on any atom is 0.230 e. The first-order chi connectivity index (χ1) is 10.6. The molecule has 1 aromatic rings. The molecule has 0 saturated carbocycles. The topological polar surface area (TPSA) is 32.3 Å². The van der Waals surface area contributed by atoms with Crippen LogP contribution in [-0.4, -0.2) is 25.0 Å². The van der Waals surface area contributed by atoms with Crippen molar-refractivity contribution < 1.29 is 4.79 Å². The van der Waals surface area contributed by atoms with Crippen LogP contribution in [0, 0.1) is 5.92 Å². The van der Waals surface area contributed by atoms with Gasteiger partial charge in [-0.15, -0.1) is 12.4 Å². The Balaban J connectivity index is 0.00000192. The van der Waals surface area contributed by atoms with E-state index in [1.807, 2.05) is 0 Å². The number of hydrogen-bond acceptors (Lipinski definition) is 2. The summed E-state index contributed by atoms with van der Waals surface area (Å²) in [4.78, 5) is 15.2. The van der Waals surface area contributed by atoms with E-state index in [0.717, 1.165) is 44.5 Å². The fourth-order valence-electron chi connectivity index (χ4n) is 4.26. The van der Waals surface area contributed by atoms with Gasteiger partial charge >= 0.3 is 0 Å². The van der Waals surface area contributed by atoms with Crippen molar-refractivity contribution in [2.24, 2.45) is 5.92 Å². The predicted octanol–water partition coefficient (Wildman–Crippen LogP) is 3.90. The largest absolute Gasteiger partial charge is 0.314 e. The second-order valence-corrected chi connectivity index (χ2v) is 7.01. The van der Waals surface area contributed by atoms with Crippen LogP contribution >= 0.6 is 12.4 Å². The smallest absolute Gasteiger partial charge is 0.230 e. The van der Waals surface area contributed by atoms with Gasteiger partial charge in [0.15, 0.2) is 0 Å². The third-order valence-corrected chi connectivity index (χ3v) is 5.82. The monoisotopic (exact) mass is 336 g/mol. The predicted molar refractivity (Wildman–Crippen MR) is 98.5 cm³/mol. The van der Waals surface area contributed by atoms with Crippen molar-refractivity contribution in [3.63, 3.8) is 0 Å². The molecule has 0 unspecified atom stereocenters. The lowest BCUT2D eigenvalue weighted by Crippen LogP contribution is -2.45. The van der Waals surface area contributed by atoms with Crippen molar-refractivity contribution in [1.29, 1.82) is 0 Å². The molecule has 128 valence electrons. The molecule has 2 heterocycles. The number of benzene rings is 1. The molecule has 4 heteroatoms. The van der Waals surface area contributed by atoms with Gasteiger partial charge in [-0.25, -0.2) is 0 Å². The van der Waals surface area contributed by atoms with Crippen molar-refractivity contribution in [2.75, 3.05) is 18.0 Å². The number of nitrogens with one attached hydrogen (secondary N) is 1. The molecule has 1 amide bonds. The highest BCUT2D eigenvalue weighted by Gasteiger charge is 2.43. The highest BCUT2D eigenvalue weighted by atomic mass is 35.5. The highest BCUT2D eigenvalue weighted by molar-refractivity contribution is 5.98. The number of nitrogens with zero attached hydrogens (tertiary/aromatic N) is 1. The molecule has 23 heavy (non-hydrogen) atoms. The van der Waals surface area contributed by atoms with Crippen LogP contribution in [0.1, 0.15) is 52.0 Å². The SMILES string of the molecule is CCC1(CC)CN(C(=O)[C@H]2CCN[C@@H](C)C2)c2ccccc21.Cl. The molecule has 1 aromatic carbocycles. The summed E-state index contributed by atoms with van der Waals surface area (Å²) in [5.41, 5.74) is 2.67. The summed E-state index contributed by atoms with van der Waals surface area (Å²) in [5, 5.41) is 3.44. The lowest BCUT2D eigenvalue weighted by Gasteiger charge is -2.32. The van der Waals surface area contributed by atoms with E-state index < -0.39 is 0 Å². The number of hydrogen-bond donors (Lipinski definition) is 1. The fraction of sp³-hybridized carbons (Fsp3) is 0.632. The van der Waals surface area contributed by atoms with E-state index in [9.17, 15) is 4.79 Å². The Morgan fingerprint density at radius 3 is 2.65 bits per heavy atom. The van der Waals surface area contributed by atoms with Gasteiger partial charge in [0.2, 0.25) is 5.91 Å². The number of rotatable bonds is 3. The Labute approximate surface area is 146 Å². The van der Waals surface area contributed by atoms with Crippen molar-refractivity contribution in [3.05, 3.63) is 29.8 Å². The van der Waals surface area contributed by atoms with E-state index in [1.54, 1.807) is 0 Å². The molecular weight excluding hydrogens is 308 g/mol. The normalized spacial score (nSPS) is 25.6. The number of piperidine rings is 1. The minimum absolute atomic E-state index is 0. The summed E-state index contributed by atoms with van der Waals surface area (Å²) in [7, 11) is 0. The Bertz CT molecular complexity index is 556. The molecule has 0 spiro atoms. The zero-order valence-electron chi connectivity index (χ0n) is 14.5. The molecule has 2 atom stereocenters. The fourth-order valence-corrected chi connectivity index (χ4v) is 4.26. The first-order valence-electron chi connectivity index (χ1n) is 8.75. The third kappa shape index (κ3) is 3.14. The maximum atomic E-state index is 13.1. The average Bonchev–Trinajstić information content (AvgIpc) is 2.89. The van der Waals surface area contributed by atoms with Crippen LogP contribution in [0.2, 0.25) is 0 Å². The number of amides is 1. The second-order valence-electron chi connectivity index (χ2n) is 7.01. The maximum absolute atomic E-state index is 13.1. The van der Waals surface area contributed by atoms with E-state index in [1.165, 1.54) is 5.56 Å². The van der Waals surface area contributed by atoms with Crippen LogP contribution in [0.5, 0.6) is 0 Å². The molecule has 1 N–H and O–H groups in total. The van der Waals surface area contributed by atoms with E-state index in [2.05, 4.69) is 55.3 Å². The number of halogens is 1. The molecule has 0 aromatic heterocycles. The molecular formula is C19H29ClN2O. The molecule has 0 aliphatic carbocycles. The molecule has 2 aliphatic heterocycles. The van der Waals surface area contributed by atoms with Gasteiger partial charge in [0, 0.05) is 29.6 Å². The van der Waals surface area contributed by atoms with Gasteiger partial charge < -0.3 is 10.2 Å². The summed E-state index contributed by atoms with van der Waals surface area (Å²) in [5.74, 6) is 0.512. The standard InChI is InChI=1S/C19H28N2O.ClH/c1-4-19(5-2)13-21(17-9-7-6-8-16(17)19)18(22)15-10-11-20-14(3)12-15;/h6-9,14-15,20H,4-5,10-13H2,1-3H3;1H/t14-,15-;/m0./s1. The number of para-hydroxylation sites is 1. The lowest BCUT2D eigenvalue weighted by molar-refractivity contribution is -0.123. The van der Waals surface area contributed by atoms with Crippen molar-refractivity contribution in [2.45, 2.75) is 57.9 Å². The van der Waals surface area contributed by atoms with Gasteiger partial charge in [0.1, 0.15) is 0 Å². The first-order valence-corrected chi connectivity index (χ1v) is 8.75. The van der Waals surface area contributed by atoms with E-state index >= 15 is 0 Å². The summed E-state index contributed by atoms with van der Waals surface area (Å²) in [6.45, 7) is 8.50.